The molecule has 1 aromatic heterocycles. The monoisotopic (exact) mass is 278 g/mol. The van der Waals surface area contributed by atoms with Crippen LogP contribution in [0.4, 0.5) is 5.69 Å². The van der Waals surface area contributed by atoms with E-state index in [0.29, 0.717) is 13.0 Å². The number of hydrogen-bond donors (Lipinski definition) is 0. The molecule has 1 unspecified atom stereocenters. The van der Waals surface area contributed by atoms with Gasteiger partial charge in [-0.1, -0.05) is 0 Å². The standard InChI is InChI=1S/C12H11BrN2O/c1-3-9-5-11(16)15(7-9)10-4-8(2)12(13)14-6-10/h1,4,6,9H,5,7H2,2H3. The second-order valence-corrected chi connectivity index (χ2v) is 4.62. The van der Waals surface area contributed by atoms with Crippen molar-refractivity contribution >= 4 is 27.5 Å². The maximum Gasteiger partial charge on any atom is 0.228 e. The number of hydrogen-bond acceptors (Lipinski definition) is 2. The molecule has 0 saturated carbocycles. The highest BCUT2D eigenvalue weighted by atomic mass is 79.9. The summed E-state index contributed by atoms with van der Waals surface area (Å²) in [5, 5.41) is 0. The maximum absolute atomic E-state index is 11.7. The fourth-order valence-corrected chi connectivity index (χ4v) is 1.98. The molecule has 1 saturated heterocycles. The van der Waals surface area contributed by atoms with Crippen LogP contribution in [-0.4, -0.2) is 17.4 Å². The summed E-state index contributed by atoms with van der Waals surface area (Å²) in [6.07, 6.45) is 7.46. The number of aryl methyl sites for hydroxylation is 1. The van der Waals surface area contributed by atoms with Crippen LogP contribution < -0.4 is 4.90 Å². The van der Waals surface area contributed by atoms with Crippen LogP contribution in [0.25, 0.3) is 0 Å². The molecule has 0 radical (unpaired) electrons. The fourth-order valence-electron chi connectivity index (χ4n) is 1.76. The average molecular weight is 279 g/mol. The third-order valence-corrected chi connectivity index (χ3v) is 3.50. The second kappa shape index (κ2) is 4.26. The van der Waals surface area contributed by atoms with E-state index in [1.807, 2.05) is 13.0 Å². The molecule has 1 aliphatic heterocycles. The summed E-state index contributed by atoms with van der Waals surface area (Å²) in [5.41, 5.74) is 1.83. The van der Waals surface area contributed by atoms with E-state index < -0.39 is 0 Å². The molecule has 3 nitrogen and oxygen atoms in total. The molecule has 1 aliphatic rings. The normalized spacial score (nSPS) is 19.9. The van der Waals surface area contributed by atoms with Crippen molar-refractivity contribution in [1.82, 2.24) is 4.98 Å². The number of carbonyl (C=O) groups excluding carboxylic acids is 1. The van der Waals surface area contributed by atoms with Crippen LogP contribution in [-0.2, 0) is 4.79 Å². The van der Waals surface area contributed by atoms with Gasteiger partial charge >= 0.3 is 0 Å². The highest BCUT2D eigenvalue weighted by Crippen LogP contribution is 2.26. The Morgan fingerprint density at radius 1 is 1.69 bits per heavy atom. The molecule has 16 heavy (non-hydrogen) atoms. The van der Waals surface area contributed by atoms with Gasteiger partial charge in [-0.3, -0.25) is 4.79 Å². The van der Waals surface area contributed by atoms with Crippen molar-refractivity contribution in [3.8, 4) is 12.3 Å². The minimum absolute atomic E-state index is 0.0245. The Bertz CT molecular complexity index is 478. The van der Waals surface area contributed by atoms with Gasteiger partial charge in [-0.2, -0.15) is 0 Å². The highest BCUT2D eigenvalue weighted by molar-refractivity contribution is 9.10. The van der Waals surface area contributed by atoms with Crippen LogP contribution in [0, 0.1) is 25.2 Å². The average Bonchev–Trinajstić information content (AvgIpc) is 2.64. The summed E-state index contributed by atoms with van der Waals surface area (Å²) >= 11 is 3.33. The van der Waals surface area contributed by atoms with Crippen LogP contribution >= 0.6 is 15.9 Å². The fraction of sp³-hybridized carbons (Fsp3) is 0.333. The summed E-state index contributed by atoms with van der Waals surface area (Å²) in [5.74, 6) is 2.73. The lowest BCUT2D eigenvalue weighted by Crippen LogP contribution is -2.24. The quantitative estimate of drug-likeness (QED) is 0.583. The molecule has 1 amide bonds. The molecular weight excluding hydrogens is 268 g/mol. The summed E-state index contributed by atoms with van der Waals surface area (Å²) < 4.78 is 0.802. The largest absolute Gasteiger partial charge is 0.310 e. The molecule has 0 spiro atoms. The van der Waals surface area contributed by atoms with Gasteiger partial charge < -0.3 is 4.90 Å². The minimum Gasteiger partial charge on any atom is -0.310 e. The molecule has 2 rings (SSSR count). The zero-order valence-corrected chi connectivity index (χ0v) is 10.5. The third kappa shape index (κ3) is 1.96. The van der Waals surface area contributed by atoms with E-state index in [1.165, 1.54) is 0 Å². The number of nitrogens with zero attached hydrogens (tertiary/aromatic N) is 2. The van der Waals surface area contributed by atoms with Gasteiger partial charge in [-0.25, -0.2) is 4.98 Å². The number of anilines is 1. The number of terminal acetylenes is 1. The molecule has 82 valence electrons. The van der Waals surface area contributed by atoms with Crippen molar-refractivity contribution in [1.29, 1.82) is 0 Å². The first-order valence-electron chi connectivity index (χ1n) is 5.00. The summed E-state index contributed by atoms with van der Waals surface area (Å²) in [4.78, 5) is 17.6. The Labute approximate surface area is 103 Å². The van der Waals surface area contributed by atoms with Gasteiger partial charge in [0, 0.05) is 18.9 Å². The molecule has 2 heterocycles. The molecule has 1 atom stereocenters. The first kappa shape index (κ1) is 11.2. The molecule has 0 N–H and O–H groups in total. The van der Waals surface area contributed by atoms with Gasteiger partial charge in [0.1, 0.15) is 4.60 Å². The van der Waals surface area contributed by atoms with Gasteiger partial charge in [0.15, 0.2) is 0 Å². The minimum atomic E-state index is 0.0245. The maximum atomic E-state index is 11.7. The smallest absolute Gasteiger partial charge is 0.228 e. The topological polar surface area (TPSA) is 33.2 Å². The second-order valence-electron chi connectivity index (χ2n) is 3.87. The summed E-state index contributed by atoms with van der Waals surface area (Å²) in [6.45, 7) is 2.54. The van der Waals surface area contributed by atoms with E-state index in [4.69, 9.17) is 6.42 Å². The molecule has 1 fully saturated rings. The number of halogens is 1. The van der Waals surface area contributed by atoms with Gasteiger partial charge in [0.2, 0.25) is 5.91 Å². The van der Waals surface area contributed by atoms with E-state index >= 15 is 0 Å². The van der Waals surface area contributed by atoms with Gasteiger partial charge in [-0.05, 0) is 34.5 Å². The zero-order chi connectivity index (χ0) is 11.7. The van der Waals surface area contributed by atoms with E-state index in [9.17, 15) is 4.79 Å². The van der Waals surface area contributed by atoms with Crippen LogP contribution in [0.5, 0.6) is 0 Å². The molecular formula is C12H11BrN2O. The number of amides is 1. The van der Waals surface area contributed by atoms with Crippen molar-refractivity contribution in [2.45, 2.75) is 13.3 Å². The van der Waals surface area contributed by atoms with Crippen molar-refractivity contribution in [2.75, 3.05) is 11.4 Å². The van der Waals surface area contributed by atoms with Gasteiger partial charge in [0.25, 0.3) is 0 Å². The predicted molar refractivity (Wildman–Crippen MR) is 66.0 cm³/mol. The Morgan fingerprint density at radius 3 is 3.00 bits per heavy atom. The SMILES string of the molecule is C#CC1CC(=O)N(c2cnc(Br)c(C)c2)C1. The lowest BCUT2D eigenvalue weighted by atomic mass is 10.1. The summed E-state index contributed by atoms with van der Waals surface area (Å²) in [7, 11) is 0. The molecule has 0 aliphatic carbocycles. The molecule has 4 heteroatoms. The Kier molecular flexibility index (Phi) is 2.97. The van der Waals surface area contributed by atoms with Crippen molar-refractivity contribution in [2.24, 2.45) is 5.92 Å². The van der Waals surface area contributed by atoms with Crippen molar-refractivity contribution in [3.05, 3.63) is 22.4 Å². The van der Waals surface area contributed by atoms with E-state index in [1.54, 1.807) is 11.1 Å². The Hall–Kier alpha value is -1.34. The summed E-state index contributed by atoms with van der Waals surface area (Å²) in [6, 6.07) is 1.94. The number of pyridine rings is 1. The van der Waals surface area contributed by atoms with Crippen LogP contribution in [0.2, 0.25) is 0 Å². The van der Waals surface area contributed by atoms with E-state index in [2.05, 4.69) is 26.8 Å². The van der Waals surface area contributed by atoms with Crippen LogP contribution in [0.3, 0.4) is 0 Å². The molecule has 0 bridgehead atoms. The van der Waals surface area contributed by atoms with E-state index in [0.717, 1.165) is 15.9 Å². The van der Waals surface area contributed by atoms with Crippen LogP contribution in [0.15, 0.2) is 16.9 Å². The van der Waals surface area contributed by atoms with Crippen molar-refractivity contribution < 1.29 is 4.79 Å². The van der Waals surface area contributed by atoms with Crippen LogP contribution in [0.1, 0.15) is 12.0 Å². The highest BCUT2D eigenvalue weighted by Gasteiger charge is 2.29. The number of rotatable bonds is 1. The zero-order valence-electron chi connectivity index (χ0n) is 8.90. The first-order valence-corrected chi connectivity index (χ1v) is 5.79. The third-order valence-electron chi connectivity index (χ3n) is 2.67. The number of aromatic nitrogens is 1. The Morgan fingerprint density at radius 2 is 2.44 bits per heavy atom. The molecule has 1 aromatic rings. The predicted octanol–water partition coefficient (Wildman–Crippen LogP) is 2.14. The van der Waals surface area contributed by atoms with Gasteiger partial charge in [0.05, 0.1) is 11.9 Å². The van der Waals surface area contributed by atoms with Gasteiger partial charge in [-0.15, -0.1) is 12.3 Å². The molecule has 0 aromatic carbocycles. The first-order chi connectivity index (χ1) is 7.61. The Balaban J connectivity index is 2.29. The van der Waals surface area contributed by atoms with Crippen molar-refractivity contribution in [3.63, 3.8) is 0 Å². The number of carbonyl (C=O) groups is 1. The lowest BCUT2D eigenvalue weighted by molar-refractivity contribution is -0.117. The van der Waals surface area contributed by atoms with E-state index in [-0.39, 0.29) is 11.8 Å². The lowest BCUT2D eigenvalue weighted by Gasteiger charge is -2.16.